The first kappa shape index (κ1) is 14.3. The Hall–Kier alpha value is -1.68. The first-order valence-electron chi connectivity index (χ1n) is 7.80. The molecule has 1 unspecified atom stereocenters. The number of anilines is 1. The van der Waals surface area contributed by atoms with Gasteiger partial charge in [-0.25, -0.2) is 4.90 Å². The van der Waals surface area contributed by atoms with Crippen molar-refractivity contribution in [1.82, 2.24) is 5.32 Å². The van der Waals surface area contributed by atoms with Crippen molar-refractivity contribution in [3.63, 3.8) is 0 Å². The summed E-state index contributed by atoms with van der Waals surface area (Å²) in [7, 11) is 0. The van der Waals surface area contributed by atoms with Crippen molar-refractivity contribution in [3.05, 3.63) is 30.3 Å². The summed E-state index contributed by atoms with van der Waals surface area (Å²) < 4.78 is 0. The van der Waals surface area contributed by atoms with Gasteiger partial charge in [0.1, 0.15) is 0 Å². The van der Waals surface area contributed by atoms with Gasteiger partial charge in [-0.05, 0) is 36.8 Å². The Bertz CT molecular complexity index is 537. The summed E-state index contributed by atoms with van der Waals surface area (Å²) in [6.07, 6.45) is 5.14. The number of carbonyl (C=O) groups excluding carboxylic acids is 2. The van der Waals surface area contributed by atoms with Crippen LogP contribution in [0.2, 0.25) is 0 Å². The molecule has 0 bridgehead atoms. The predicted octanol–water partition coefficient (Wildman–Crippen LogP) is 2.49. The summed E-state index contributed by atoms with van der Waals surface area (Å²) in [6, 6.07) is 8.82. The van der Waals surface area contributed by atoms with Gasteiger partial charge in [0.2, 0.25) is 5.91 Å². The smallest absolute Gasteiger partial charge is 0.251 e. The van der Waals surface area contributed by atoms with Crippen LogP contribution in [-0.4, -0.2) is 24.4 Å². The molecule has 0 radical (unpaired) electrons. The van der Waals surface area contributed by atoms with E-state index in [4.69, 9.17) is 0 Å². The molecule has 2 aliphatic rings. The molecule has 2 fully saturated rings. The molecule has 21 heavy (non-hydrogen) atoms. The number of para-hydroxylation sites is 1. The zero-order valence-electron chi connectivity index (χ0n) is 12.5. The largest absolute Gasteiger partial charge is 0.305 e. The normalized spacial score (nSPS) is 23.7. The number of nitrogens with one attached hydrogen (secondary N) is 1. The van der Waals surface area contributed by atoms with Gasteiger partial charge in [0.25, 0.3) is 5.91 Å². The Kier molecular flexibility index (Phi) is 3.81. The second-order valence-electron chi connectivity index (χ2n) is 6.29. The van der Waals surface area contributed by atoms with Crippen molar-refractivity contribution in [3.8, 4) is 0 Å². The predicted molar refractivity (Wildman–Crippen MR) is 81.9 cm³/mol. The molecule has 3 rings (SSSR count). The molecule has 2 amide bonds. The first-order chi connectivity index (χ1) is 10.2. The maximum absolute atomic E-state index is 12.5. The minimum absolute atomic E-state index is 0.107. The van der Waals surface area contributed by atoms with Crippen molar-refractivity contribution < 1.29 is 9.59 Å². The molecule has 4 nitrogen and oxygen atoms in total. The van der Waals surface area contributed by atoms with E-state index >= 15 is 0 Å². The van der Waals surface area contributed by atoms with E-state index in [0.29, 0.717) is 11.1 Å². The molecule has 4 heteroatoms. The van der Waals surface area contributed by atoms with E-state index in [0.717, 1.165) is 6.54 Å². The highest BCUT2D eigenvalue weighted by Gasteiger charge is 2.44. The van der Waals surface area contributed by atoms with Crippen LogP contribution in [0.25, 0.3) is 0 Å². The average molecular weight is 286 g/mol. The quantitative estimate of drug-likeness (QED) is 0.817. The van der Waals surface area contributed by atoms with Crippen LogP contribution < -0.4 is 10.2 Å². The lowest BCUT2D eigenvalue weighted by atomic mass is 10.0. The van der Waals surface area contributed by atoms with Gasteiger partial charge in [-0.2, -0.15) is 0 Å². The van der Waals surface area contributed by atoms with Gasteiger partial charge in [0.15, 0.2) is 0 Å². The van der Waals surface area contributed by atoms with Crippen LogP contribution in [-0.2, 0) is 9.59 Å². The van der Waals surface area contributed by atoms with Crippen LogP contribution in [0.5, 0.6) is 0 Å². The van der Waals surface area contributed by atoms with E-state index in [9.17, 15) is 9.59 Å². The molecule has 0 aromatic heterocycles. The Morgan fingerprint density at radius 1 is 1.24 bits per heavy atom. The molecule has 1 aromatic rings. The summed E-state index contributed by atoms with van der Waals surface area (Å²) in [5.74, 6) is -0.220. The minimum atomic E-state index is -0.355. The lowest BCUT2D eigenvalue weighted by molar-refractivity contribution is -0.121. The maximum Gasteiger partial charge on any atom is 0.251 e. The van der Waals surface area contributed by atoms with E-state index in [1.165, 1.54) is 30.6 Å². The number of benzene rings is 1. The molecule has 1 saturated carbocycles. The van der Waals surface area contributed by atoms with Crippen molar-refractivity contribution >= 4 is 17.5 Å². The van der Waals surface area contributed by atoms with Crippen molar-refractivity contribution in [1.29, 1.82) is 0 Å². The van der Waals surface area contributed by atoms with Crippen LogP contribution in [0.4, 0.5) is 5.69 Å². The van der Waals surface area contributed by atoms with Gasteiger partial charge in [-0.1, -0.05) is 31.5 Å². The minimum Gasteiger partial charge on any atom is -0.305 e. The summed E-state index contributed by atoms with van der Waals surface area (Å²) in [5, 5.41) is 3.34. The fraction of sp³-hybridized carbons (Fsp3) is 0.529. The highest BCUT2D eigenvalue weighted by molar-refractivity contribution is 6.22. The summed E-state index contributed by atoms with van der Waals surface area (Å²) in [5.41, 5.74) is 1.06. The molecule has 1 aliphatic carbocycles. The third-order valence-electron chi connectivity index (χ3n) is 4.62. The maximum atomic E-state index is 12.5. The topological polar surface area (TPSA) is 49.4 Å². The van der Waals surface area contributed by atoms with Gasteiger partial charge in [-0.15, -0.1) is 0 Å². The monoisotopic (exact) mass is 286 g/mol. The van der Waals surface area contributed by atoms with Gasteiger partial charge >= 0.3 is 0 Å². The molecule has 1 aliphatic heterocycles. The first-order valence-corrected chi connectivity index (χ1v) is 7.80. The number of rotatable bonds is 6. The van der Waals surface area contributed by atoms with Crippen LogP contribution in [0.1, 0.15) is 39.0 Å². The fourth-order valence-electron chi connectivity index (χ4n) is 3.20. The second-order valence-corrected chi connectivity index (χ2v) is 6.29. The molecular formula is C17H22N2O2. The molecule has 1 heterocycles. The molecule has 1 atom stereocenters. The summed E-state index contributed by atoms with van der Waals surface area (Å²) in [6.45, 7) is 3.05. The van der Waals surface area contributed by atoms with Crippen LogP contribution >= 0.6 is 0 Å². The van der Waals surface area contributed by atoms with Crippen molar-refractivity contribution in [2.24, 2.45) is 5.41 Å². The van der Waals surface area contributed by atoms with Gasteiger partial charge in [0.05, 0.1) is 18.2 Å². The summed E-state index contributed by atoms with van der Waals surface area (Å²) >= 11 is 0. The van der Waals surface area contributed by atoms with E-state index < -0.39 is 0 Å². The Morgan fingerprint density at radius 3 is 2.57 bits per heavy atom. The standard InChI is InChI=1S/C17H22N2O2/c1-2-8-17(9-10-17)12-18-14-11-15(20)19(16(14)21)13-6-4-3-5-7-13/h3-7,14,18H,2,8-12H2,1H3. The second kappa shape index (κ2) is 5.60. The molecule has 1 aromatic carbocycles. The molecular weight excluding hydrogens is 264 g/mol. The molecule has 1 N–H and O–H groups in total. The van der Waals surface area contributed by atoms with E-state index in [1.54, 1.807) is 12.1 Å². The van der Waals surface area contributed by atoms with Crippen molar-refractivity contribution in [2.75, 3.05) is 11.4 Å². The SMILES string of the molecule is CCCC1(CNC2CC(=O)N(c3ccccc3)C2=O)CC1. The lowest BCUT2D eigenvalue weighted by Gasteiger charge is -2.19. The lowest BCUT2D eigenvalue weighted by Crippen LogP contribution is -2.41. The Balaban J connectivity index is 1.64. The highest BCUT2D eigenvalue weighted by Crippen LogP contribution is 2.49. The van der Waals surface area contributed by atoms with Crippen LogP contribution in [0.3, 0.4) is 0 Å². The zero-order valence-corrected chi connectivity index (χ0v) is 12.5. The number of carbonyl (C=O) groups is 2. The molecule has 1 saturated heterocycles. The third-order valence-corrected chi connectivity index (χ3v) is 4.62. The molecule has 112 valence electrons. The molecule has 0 spiro atoms. The van der Waals surface area contributed by atoms with Crippen LogP contribution in [0, 0.1) is 5.41 Å². The number of nitrogens with zero attached hydrogens (tertiary/aromatic N) is 1. The summed E-state index contributed by atoms with van der Waals surface area (Å²) in [4.78, 5) is 25.9. The Morgan fingerprint density at radius 2 is 1.95 bits per heavy atom. The number of imide groups is 1. The van der Waals surface area contributed by atoms with E-state index in [2.05, 4.69) is 12.2 Å². The third kappa shape index (κ3) is 2.86. The number of hydrogen-bond donors (Lipinski definition) is 1. The van der Waals surface area contributed by atoms with Gasteiger partial charge < -0.3 is 5.32 Å². The van der Waals surface area contributed by atoms with E-state index in [-0.39, 0.29) is 24.3 Å². The Labute approximate surface area is 125 Å². The van der Waals surface area contributed by atoms with Crippen LogP contribution in [0.15, 0.2) is 30.3 Å². The zero-order chi connectivity index (χ0) is 14.9. The van der Waals surface area contributed by atoms with Gasteiger partial charge in [0, 0.05) is 6.54 Å². The highest BCUT2D eigenvalue weighted by atomic mass is 16.2. The average Bonchev–Trinajstić information content (AvgIpc) is 3.18. The number of amides is 2. The van der Waals surface area contributed by atoms with Gasteiger partial charge in [-0.3, -0.25) is 9.59 Å². The van der Waals surface area contributed by atoms with E-state index in [1.807, 2.05) is 18.2 Å². The fourth-order valence-corrected chi connectivity index (χ4v) is 3.20. The number of hydrogen-bond acceptors (Lipinski definition) is 3. The van der Waals surface area contributed by atoms with Crippen molar-refractivity contribution in [2.45, 2.75) is 45.1 Å².